The van der Waals surface area contributed by atoms with Crippen molar-refractivity contribution in [1.82, 2.24) is 5.32 Å². The third-order valence-electron chi connectivity index (χ3n) is 3.06. The number of benzene rings is 2. The van der Waals surface area contributed by atoms with Crippen LogP contribution in [0.15, 0.2) is 42.5 Å². The van der Waals surface area contributed by atoms with Crippen LogP contribution in [0.4, 0.5) is 17.6 Å². The minimum atomic E-state index is -2.95. The summed E-state index contributed by atoms with van der Waals surface area (Å²) >= 11 is 0. The highest BCUT2D eigenvalue weighted by atomic mass is 19.3. The van der Waals surface area contributed by atoms with Crippen molar-refractivity contribution in [3.05, 3.63) is 65.2 Å². The van der Waals surface area contributed by atoms with Gasteiger partial charge in [0.05, 0.1) is 6.04 Å². The maximum atomic E-state index is 13.1. The second-order valence-electron chi connectivity index (χ2n) is 4.80. The number of nitrogens with one attached hydrogen (secondary N) is 1. The molecule has 0 radical (unpaired) electrons. The molecule has 2 rings (SSSR count). The van der Waals surface area contributed by atoms with E-state index in [1.54, 1.807) is 13.0 Å². The zero-order valence-corrected chi connectivity index (χ0v) is 12.0. The Morgan fingerprint density at radius 2 is 1.74 bits per heavy atom. The van der Waals surface area contributed by atoms with Gasteiger partial charge in [0.25, 0.3) is 5.91 Å². The second kappa shape index (κ2) is 7.13. The van der Waals surface area contributed by atoms with Crippen molar-refractivity contribution in [3.63, 3.8) is 0 Å². The van der Waals surface area contributed by atoms with E-state index in [0.717, 1.165) is 12.1 Å². The van der Waals surface area contributed by atoms with Gasteiger partial charge in [0, 0.05) is 11.6 Å². The number of amides is 1. The van der Waals surface area contributed by atoms with Crippen LogP contribution in [0.25, 0.3) is 0 Å². The third-order valence-corrected chi connectivity index (χ3v) is 3.06. The number of hydrogen-bond acceptors (Lipinski definition) is 2. The van der Waals surface area contributed by atoms with Gasteiger partial charge in [-0.05, 0) is 36.8 Å². The number of carbonyl (C=O) groups excluding carboxylic acids is 1. The number of hydrogen-bond donors (Lipinski definition) is 1. The highest BCUT2D eigenvalue weighted by Crippen LogP contribution is 2.21. The van der Waals surface area contributed by atoms with E-state index < -0.39 is 30.2 Å². The summed E-state index contributed by atoms with van der Waals surface area (Å²) in [5.74, 6) is -2.46. The summed E-state index contributed by atoms with van der Waals surface area (Å²) in [4.78, 5) is 12.0. The molecule has 0 aliphatic carbocycles. The first-order valence-corrected chi connectivity index (χ1v) is 6.67. The predicted octanol–water partition coefficient (Wildman–Crippen LogP) is 4.06. The Morgan fingerprint density at radius 3 is 2.35 bits per heavy atom. The van der Waals surface area contributed by atoms with Crippen molar-refractivity contribution < 1.29 is 27.1 Å². The SMILES string of the molecule is C[C@@H](NC(=O)c1cc(F)cc(F)c1)c1cccc(OC(F)F)c1. The standard InChI is InChI=1S/C16H13F4NO2/c1-9(10-3-2-4-14(7-10)23-16(19)20)21-15(22)11-5-12(17)8-13(18)6-11/h2-9,16H,1H3,(H,21,22)/t9-/m1/s1. The van der Waals surface area contributed by atoms with Crippen LogP contribution >= 0.6 is 0 Å². The van der Waals surface area contributed by atoms with Crippen molar-refractivity contribution in [2.24, 2.45) is 0 Å². The molecule has 0 saturated carbocycles. The highest BCUT2D eigenvalue weighted by Gasteiger charge is 2.14. The fourth-order valence-electron chi connectivity index (χ4n) is 2.01. The van der Waals surface area contributed by atoms with Gasteiger partial charge in [-0.15, -0.1) is 0 Å². The molecule has 1 N–H and O–H groups in total. The lowest BCUT2D eigenvalue weighted by molar-refractivity contribution is -0.0499. The average molecular weight is 327 g/mol. The summed E-state index contributed by atoms with van der Waals surface area (Å²) < 4.78 is 54.9. The van der Waals surface area contributed by atoms with E-state index in [-0.39, 0.29) is 11.3 Å². The summed E-state index contributed by atoms with van der Waals surface area (Å²) in [7, 11) is 0. The number of halogens is 4. The van der Waals surface area contributed by atoms with Crippen molar-refractivity contribution in [1.29, 1.82) is 0 Å². The first-order chi connectivity index (χ1) is 10.8. The Hall–Kier alpha value is -2.57. The van der Waals surface area contributed by atoms with E-state index in [4.69, 9.17) is 0 Å². The molecule has 0 saturated heterocycles. The lowest BCUT2D eigenvalue weighted by Crippen LogP contribution is -2.26. The quantitative estimate of drug-likeness (QED) is 0.841. The number of alkyl halides is 2. The Bertz CT molecular complexity index is 686. The van der Waals surface area contributed by atoms with Crippen molar-refractivity contribution in [2.75, 3.05) is 0 Å². The minimum absolute atomic E-state index is 0.0459. The van der Waals surface area contributed by atoms with E-state index in [2.05, 4.69) is 10.1 Å². The zero-order chi connectivity index (χ0) is 17.0. The van der Waals surface area contributed by atoms with Crippen molar-refractivity contribution >= 4 is 5.91 Å². The Balaban J connectivity index is 2.11. The highest BCUT2D eigenvalue weighted by molar-refractivity contribution is 5.94. The molecule has 1 atom stereocenters. The van der Waals surface area contributed by atoms with Crippen LogP contribution in [0.3, 0.4) is 0 Å². The van der Waals surface area contributed by atoms with Crippen molar-refractivity contribution in [2.45, 2.75) is 19.6 Å². The van der Waals surface area contributed by atoms with Crippen LogP contribution < -0.4 is 10.1 Å². The predicted molar refractivity (Wildman–Crippen MR) is 75.3 cm³/mol. The molecule has 0 spiro atoms. The normalized spacial score (nSPS) is 12.1. The molecule has 23 heavy (non-hydrogen) atoms. The van der Waals surface area contributed by atoms with Crippen LogP contribution in [0.2, 0.25) is 0 Å². The molecule has 2 aromatic carbocycles. The second-order valence-corrected chi connectivity index (χ2v) is 4.80. The summed E-state index contributed by atoms with van der Waals surface area (Å²) in [6, 6.07) is 7.70. The van der Waals surface area contributed by atoms with Gasteiger partial charge in [-0.1, -0.05) is 12.1 Å². The van der Waals surface area contributed by atoms with Crippen molar-refractivity contribution in [3.8, 4) is 5.75 Å². The largest absolute Gasteiger partial charge is 0.435 e. The molecule has 122 valence electrons. The molecule has 7 heteroatoms. The molecule has 0 aliphatic rings. The Morgan fingerprint density at radius 1 is 1.09 bits per heavy atom. The maximum absolute atomic E-state index is 13.1. The van der Waals surface area contributed by atoms with E-state index in [9.17, 15) is 22.4 Å². The van der Waals surface area contributed by atoms with Crippen LogP contribution in [-0.4, -0.2) is 12.5 Å². The molecule has 0 fully saturated rings. The van der Waals surface area contributed by atoms with Crippen LogP contribution in [0, 0.1) is 11.6 Å². The molecular formula is C16H13F4NO2. The molecule has 0 aromatic heterocycles. The van der Waals surface area contributed by atoms with Gasteiger partial charge >= 0.3 is 6.61 Å². The van der Waals surface area contributed by atoms with Gasteiger partial charge in [0.1, 0.15) is 17.4 Å². The summed E-state index contributed by atoms with van der Waals surface area (Å²) in [5.41, 5.74) is 0.336. The molecule has 1 amide bonds. The topological polar surface area (TPSA) is 38.3 Å². The van der Waals surface area contributed by atoms with E-state index in [1.165, 1.54) is 18.2 Å². The average Bonchev–Trinajstić information content (AvgIpc) is 2.45. The van der Waals surface area contributed by atoms with E-state index in [1.807, 2.05) is 0 Å². The fraction of sp³-hybridized carbons (Fsp3) is 0.188. The van der Waals surface area contributed by atoms with Gasteiger partial charge in [-0.2, -0.15) is 8.78 Å². The summed E-state index contributed by atoms with van der Waals surface area (Å²) in [6.45, 7) is -1.35. The number of carbonyl (C=O) groups is 1. The minimum Gasteiger partial charge on any atom is -0.435 e. The smallest absolute Gasteiger partial charge is 0.387 e. The van der Waals surface area contributed by atoms with Gasteiger partial charge in [-0.25, -0.2) is 8.78 Å². The fourth-order valence-corrected chi connectivity index (χ4v) is 2.01. The summed E-state index contributed by atoms with van der Waals surface area (Å²) in [5, 5.41) is 2.53. The lowest BCUT2D eigenvalue weighted by atomic mass is 10.1. The van der Waals surface area contributed by atoms with E-state index in [0.29, 0.717) is 11.6 Å². The van der Waals surface area contributed by atoms with Crippen LogP contribution in [0.1, 0.15) is 28.9 Å². The zero-order valence-electron chi connectivity index (χ0n) is 12.0. The first kappa shape index (κ1) is 16.8. The van der Waals surface area contributed by atoms with Gasteiger partial charge in [0.15, 0.2) is 0 Å². The van der Waals surface area contributed by atoms with Gasteiger partial charge in [0.2, 0.25) is 0 Å². The number of rotatable bonds is 5. The van der Waals surface area contributed by atoms with Gasteiger partial charge < -0.3 is 10.1 Å². The lowest BCUT2D eigenvalue weighted by Gasteiger charge is -2.15. The molecule has 0 aliphatic heterocycles. The Labute approximate surface area is 129 Å². The van der Waals surface area contributed by atoms with Crippen LogP contribution in [-0.2, 0) is 0 Å². The molecular weight excluding hydrogens is 314 g/mol. The maximum Gasteiger partial charge on any atom is 0.387 e. The number of ether oxygens (including phenoxy) is 1. The van der Waals surface area contributed by atoms with Crippen LogP contribution in [0.5, 0.6) is 5.75 Å². The Kier molecular flexibility index (Phi) is 5.20. The first-order valence-electron chi connectivity index (χ1n) is 6.67. The molecule has 2 aromatic rings. The van der Waals surface area contributed by atoms with Gasteiger partial charge in [-0.3, -0.25) is 4.79 Å². The molecule has 0 heterocycles. The van der Waals surface area contributed by atoms with E-state index >= 15 is 0 Å². The molecule has 0 bridgehead atoms. The monoisotopic (exact) mass is 327 g/mol. The summed E-state index contributed by atoms with van der Waals surface area (Å²) in [6.07, 6.45) is 0. The molecule has 0 unspecified atom stereocenters. The molecule has 3 nitrogen and oxygen atoms in total. The third kappa shape index (κ3) is 4.70.